The maximum atomic E-state index is 9.79. The van der Waals surface area contributed by atoms with Crippen LogP contribution in [-0.4, -0.2) is 17.9 Å². The zero-order valence-corrected chi connectivity index (χ0v) is 6.04. The van der Waals surface area contributed by atoms with Gasteiger partial charge in [-0.05, 0) is 12.8 Å². The van der Waals surface area contributed by atoms with Gasteiger partial charge in [0.1, 0.15) is 0 Å². The van der Waals surface area contributed by atoms with E-state index in [1.165, 1.54) is 0 Å². The molecule has 0 saturated heterocycles. The monoisotopic (exact) mass is 144 g/mol. The van der Waals surface area contributed by atoms with Crippen molar-refractivity contribution >= 4 is 6.16 Å². The average molecular weight is 144 g/mol. The predicted molar refractivity (Wildman–Crippen MR) is 38.0 cm³/mol. The summed E-state index contributed by atoms with van der Waals surface area (Å²) in [5.41, 5.74) is 0. The number of carboxylic acid groups (broad SMARTS) is 1. The summed E-state index contributed by atoms with van der Waals surface area (Å²) in [5.74, 6) is 0. The van der Waals surface area contributed by atoms with Gasteiger partial charge in [0.2, 0.25) is 0 Å². The molecule has 0 aromatic carbocycles. The lowest BCUT2D eigenvalue weighted by Gasteiger charge is -1.93. The van der Waals surface area contributed by atoms with E-state index in [0.717, 1.165) is 6.42 Å². The minimum atomic E-state index is -1.20. The fourth-order valence-corrected chi connectivity index (χ4v) is 0.499. The van der Waals surface area contributed by atoms with Crippen molar-refractivity contribution in [3.63, 3.8) is 0 Å². The second-order valence-electron chi connectivity index (χ2n) is 1.78. The van der Waals surface area contributed by atoms with E-state index in [4.69, 9.17) is 5.11 Å². The Morgan fingerprint density at radius 1 is 1.60 bits per heavy atom. The molecule has 0 radical (unpaired) electrons. The number of hydrogen-bond donors (Lipinski definition) is 1. The number of carbonyl (C=O) groups is 1. The van der Waals surface area contributed by atoms with Crippen molar-refractivity contribution in [1.82, 2.24) is 0 Å². The molecule has 0 aliphatic heterocycles. The van der Waals surface area contributed by atoms with Gasteiger partial charge >= 0.3 is 6.16 Å². The first-order chi connectivity index (χ1) is 4.77. The van der Waals surface area contributed by atoms with Crippen molar-refractivity contribution < 1.29 is 14.6 Å². The van der Waals surface area contributed by atoms with Crippen molar-refractivity contribution in [2.45, 2.75) is 19.8 Å². The summed E-state index contributed by atoms with van der Waals surface area (Å²) in [4.78, 5) is 9.79. The zero-order chi connectivity index (χ0) is 7.82. The van der Waals surface area contributed by atoms with E-state index < -0.39 is 6.16 Å². The highest BCUT2D eigenvalue weighted by molar-refractivity contribution is 5.56. The van der Waals surface area contributed by atoms with Crippen LogP contribution >= 0.6 is 0 Å². The normalized spacial score (nSPS) is 10.1. The summed E-state index contributed by atoms with van der Waals surface area (Å²) < 4.78 is 4.25. The summed E-state index contributed by atoms with van der Waals surface area (Å²) in [6.07, 6.45) is 4.33. The van der Waals surface area contributed by atoms with E-state index in [0.29, 0.717) is 6.42 Å². The third-order valence-corrected chi connectivity index (χ3v) is 0.912. The van der Waals surface area contributed by atoms with E-state index in [9.17, 15) is 4.79 Å². The van der Waals surface area contributed by atoms with Crippen LogP contribution < -0.4 is 0 Å². The van der Waals surface area contributed by atoms with Crippen molar-refractivity contribution in [3.05, 3.63) is 12.2 Å². The second kappa shape index (κ2) is 6.13. The fourth-order valence-electron chi connectivity index (χ4n) is 0.499. The van der Waals surface area contributed by atoms with Gasteiger partial charge in [-0.3, -0.25) is 0 Å². The Morgan fingerprint density at radius 3 is 2.80 bits per heavy atom. The van der Waals surface area contributed by atoms with Crippen LogP contribution in [0, 0.1) is 0 Å². The second-order valence-corrected chi connectivity index (χ2v) is 1.78. The molecule has 0 heterocycles. The van der Waals surface area contributed by atoms with Crippen LogP contribution in [0.1, 0.15) is 19.8 Å². The molecule has 10 heavy (non-hydrogen) atoms. The van der Waals surface area contributed by atoms with E-state index in [2.05, 4.69) is 4.74 Å². The predicted octanol–water partition coefficient (Wildman–Crippen LogP) is 2.04. The summed E-state index contributed by atoms with van der Waals surface area (Å²) in [5, 5.41) is 8.02. The SMILES string of the molecule is CC/C=C/CCOC(=O)O. The molecule has 0 rings (SSSR count). The third kappa shape index (κ3) is 7.01. The van der Waals surface area contributed by atoms with Crippen LogP contribution in [0.3, 0.4) is 0 Å². The van der Waals surface area contributed by atoms with E-state index >= 15 is 0 Å². The lowest BCUT2D eigenvalue weighted by atomic mass is 10.3. The molecule has 0 saturated carbocycles. The number of allylic oxidation sites excluding steroid dienone is 1. The Balaban J connectivity index is 3.05. The summed E-state index contributed by atoms with van der Waals surface area (Å²) in [6, 6.07) is 0. The molecule has 1 N–H and O–H groups in total. The van der Waals surface area contributed by atoms with Gasteiger partial charge in [0, 0.05) is 0 Å². The third-order valence-electron chi connectivity index (χ3n) is 0.912. The van der Waals surface area contributed by atoms with Gasteiger partial charge in [0.15, 0.2) is 0 Å². The highest BCUT2D eigenvalue weighted by atomic mass is 16.7. The molecular weight excluding hydrogens is 132 g/mol. The van der Waals surface area contributed by atoms with Gasteiger partial charge in [0.25, 0.3) is 0 Å². The molecule has 0 aliphatic rings. The lowest BCUT2D eigenvalue weighted by Crippen LogP contribution is -2.00. The molecule has 0 aromatic rings. The van der Waals surface area contributed by atoms with Crippen LogP contribution in [0.25, 0.3) is 0 Å². The molecule has 0 amide bonds. The summed E-state index contributed by atoms with van der Waals surface area (Å²) in [6.45, 7) is 2.28. The van der Waals surface area contributed by atoms with Gasteiger partial charge in [-0.25, -0.2) is 4.79 Å². The van der Waals surface area contributed by atoms with Crippen molar-refractivity contribution in [2.24, 2.45) is 0 Å². The van der Waals surface area contributed by atoms with Gasteiger partial charge in [-0.15, -0.1) is 0 Å². The Morgan fingerprint density at radius 2 is 2.30 bits per heavy atom. The number of hydrogen-bond acceptors (Lipinski definition) is 2. The topological polar surface area (TPSA) is 46.5 Å². The first-order valence-corrected chi connectivity index (χ1v) is 3.28. The van der Waals surface area contributed by atoms with Crippen LogP contribution in [0.15, 0.2) is 12.2 Å². The van der Waals surface area contributed by atoms with Crippen LogP contribution in [0.2, 0.25) is 0 Å². The highest BCUT2D eigenvalue weighted by Crippen LogP contribution is 1.87. The van der Waals surface area contributed by atoms with E-state index in [-0.39, 0.29) is 6.61 Å². The molecule has 0 fully saturated rings. The minimum Gasteiger partial charge on any atom is -0.450 e. The smallest absolute Gasteiger partial charge is 0.450 e. The highest BCUT2D eigenvalue weighted by Gasteiger charge is 1.91. The van der Waals surface area contributed by atoms with Gasteiger partial charge in [-0.2, -0.15) is 0 Å². The number of ether oxygens (including phenoxy) is 1. The molecule has 0 bridgehead atoms. The molecule has 3 heteroatoms. The zero-order valence-electron chi connectivity index (χ0n) is 6.04. The maximum absolute atomic E-state index is 9.79. The molecule has 0 unspecified atom stereocenters. The first-order valence-electron chi connectivity index (χ1n) is 3.28. The Bertz CT molecular complexity index is 118. The average Bonchev–Trinajstić information content (AvgIpc) is 1.87. The Hall–Kier alpha value is -0.990. The lowest BCUT2D eigenvalue weighted by molar-refractivity contribution is 0.0933. The molecule has 0 aliphatic carbocycles. The van der Waals surface area contributed by atoms with Gasteiger partial charge < -0.3 is 9.84 Å². The van der Waals surface area contributed by atoms with E-state index in [1.54, 1.807) is 0 Å². The molecule has 0 spiro atoms. The molecule has 58 valence electrons. The Kier molecular flexibility index (Phi) is 5.53. The molecular formula is C7H12O3. The van der Waals surface area contributed by atoms with Gasteiger partial charge in [-0.1, -0.05) is 19.1 Å². The molecule has 3 nitrogen and oxygen atoms in total. The van der Waals surface area contributed by atoms with Crippen molar-refractivity contribution in [1.29, 1.82) is 0 Å². The maximum Gasteiger partial charge on any atom is 0.505 e. The van der Waals surface area contributed by atoms with Crippen LogP contribution in [-0.2, 0) is 4.74 Å². The Labute approximate surface area is 60.3 Å². The largest absolute Gasteiger partial charge is 0.505 e. The summed E-state index contributed by atoms with van der Waals surface area (Å²) >= 11 is 0. The van der Waals surface area contributed by atoms with Crippen molar-refractivity contribution in [3.8, 4) is 0 Å². The van der Waals surface area contributed by atoms with Crippen LogP contribution in [0.4, 0.5) is 4.79 Å². The fraction of sp³-hybridized carbons (Fsp3) is 0.571. The summed E-state index contributed by atoms with van der Waals surface area (Å²) in [7, 11) is 0. The number of rotatable bonds is 4. The van der Waals surface area contributed by atoms with Gasteiger partial charge in [0.05, 0.1) is 6.61 Å². The quantitative estimate of drug-likeness (QED) is 0.373. The minimum absolute atomic E-state index is 0.256. The van der Waals surface area contributed by atoms with Crippen molar-refractivity contribution in [2.75, 3.05) is 6.61 Å². The first kappa shape index (κ1) is 9.01. The molecule has 0 aromatic heterocycles. The van der Waals surface area contributed by atoms with E-state index in [1.807, 2.05) is 19.1 Å². The molecule has 0 atom stereocenters. The van der Waals surface area contributed by atoms with Crippen LogP contribution in [0.5, 0.6) is 0 Å². The standard InChI is InChI=1S/C7H12O3/c1-2-3-4-5-6-10-7(8)9/h3-4H,2,5-6H2,1H3,(H,8,9)/b4-3+.